The molecule has 1 amide bonds. The number of pyridine rings is 1. The average molecular weight is 397 g/mol. The van der Waals surface area contributed by atoms with Gasteiger partial charge in [0.2, 0.25) is 0 Å². The maximum atomic E-state index is 13.0. The van der Waals surface area contributed by atoms with Gasteiger partial charge < -0.3 is 10.1 Å². The standard InChI is InChI=1S/C21H17ClN2O2S/c22-16-8-2-4-10-19(16)27-21-15(7-5-12-23-21)20(25)24-17-11-13-26-18-9-3-1-6-14(17)18/h1-10,12,17H,11,13H2,(H,24,25)/t17-/m0/s1. The molecule has 0 radical (unpaired) electrons. The van der Waals surface area contributed by atoms with E-state index in [4.69, 9.17) is 16.3 Å². The van der Waals surface area contributed by atoms with Crippen LogP contribution in [0.3, 0.4) is 0 Å². The fraction of sp³-hybridized carbons (Fsp3) is 0.143. The van der Waals surface area contributed by atoms with Crippen LogP contribution in [0.5, 0.6) is 5.75 Å². The van der Waals surface area contributed by atoms with E-state index >= 15 is 0 Å². The molecule has 4 nitrogen and oxygen atoms in total. The average Bonchev–Trinajstić information content (AvgIpc) is 2.70. The van der Waals surface area contributed by atoms with Crippen LogP contribution in [0.4, 0.5) is 0 Å². The van der Waals surface area contributed by atoms with Gasteiger partial charge in [-0.1, -0.05) is 53.7 Å². The Hall–Kier alpha value is -2.50. The number of carbonyl (C=O) groups excluding carboxylic acids is 1. The number of hydrogen-bond acceptors (Lipinski definition) is 4. The fourth-order valence-corrected chi connectivity index (χ4v) is 4.16. The van der Waals surface area contributed by atoms with Crippen LogP contribution in [0, 0.1) is 0 Å². The molecule has 4 rings (SSSR count). The molecule has 0 saturated carbocycles. The van der Waals surface area contributed by atoms with Crippen molar-refractivity contribution in [3.05, 3.63) is 83.0 Å². The van der Waals surface area contributed by atoms with Gasteiger partial charge >= 0.3 is 0 Å². The molecule has 2 heterocycles. The van der Waals surface area contributed by atoms with E-state index < -0.39 is 0 Å². The summed E-state index contributed by atoms with van der Waals surface area (Å²) in [6.45, 7) is 0.580. The Morgan fingerprint density at radius 2 is 1.93 bits per heavy atom. The Balaban J connectivity index is 1.58. The monoisotopic (exact) mass is 396 g/mol. The third-order valence-electron chi connectivity index (χ3n) is 4.32. The van der Waals surface area contributed by atoms with Gasteiger partial charge in [0.15, 0.2) is 0 Å². The molecule has 0 unspecified atom stereocenters. The minimum Gasteiger partial charge on any atom is -0.493 e. The van der Waals surface area contributed by atoms with Gasteiger partial charge in [0, 0.05) is 23.1 Å². The SMILES string of the molecule is O=C(N[C@H]1CCOc2ccccc21)c1cccnc1Sc1ccccc1Cl. The highest BCUT2D eigenvalue weighted by Gasteiger charge is 2.24. The number of para-hydroxylation sites is 1. The van der Waals surface area contributed by atoms with E-state index in [1.54, 1.807) is 18.3 Å². The Morgan fingerprint density at radius 3 is 2.81 bits per heavy atom. The Morgan fingerprint density at radius 1 is 1.11 bits per heavy atom. The van der Waals surface area contributed by atoms with Crippen molar-refractivity contribution in [2.75, 3.05) is 6.61 Å². The first-order chi connectivity index (χ1) is 13.2. The number of benzene rings is 2. The normalized spacial score (nSPS) is 15.5. The highest BCUT2D eigenvalue weighted by atomic mass is 35.5. The molecular formula is C21H17ClN2O2S. The Bertz CT molecular complexity index is 980. The molecule has 0 bridgehead atoms. The van der Waals surface area contributed by atoms with Gasteiger partial charge in [-0.05, 0) is 30.3 Å². The Labute approximate surface area is 166 Å². The van der Waals surface area contributed by atoms with E-state index in [1.165, 1.54) is 11.8 Å². The molecule has 1 aliphatic heterocycles. The van der Waals surface area contributed by atoms with Crippen LogP contribution in [0.2, 0.25) is 5.02 Å². The zero-order valence-corrected chi connectivity index (χ0v) is 16.0. The summed E-state index contributed by atoms with van der Waals surface area (Å²) in [7, 11) is 0. The van der Waals surface area contributed by atoms with E-state index in [0.717, 1.165) is 22.6 Å². The molecule has 1 atom stereocenters. The quantitative estimate of drug-likeness (QED) is 0.663. The Kier molecular flexibility index (Phi) is 5.32. The predicted molar refractivity (Wildman–Crippen MR) is 107 cm³/mol. The number of amides is 1. The number of ether oxygens (including phenoxy) is 1. The molecule has 0 fully saturated rings. The summed E-state index contributed by atoms with van der Waals surface area (Å²) in [5, 5.41) is 4.39. The minimum atomic E-state index is -0.153. The van der Waals surface area contributed by atoms with Crippen LogP contribution in [-0.2, 0) is 0 Å². The number of aromatic nitrogens is 1. The van der Waals surface area contributed by atoms with Gasteiger partial charge in [-0.25, -0.2) is 4.98 Å². The number of nitrogens with one attached hydrogen (secondary N) is 1. The van der Waals surface area contributed by atoms with Crippen molar-refractivity contribution in [1.29, 1.82) is 0 Å². The molecule has 27 heavy (non-hydrogen) atoms. The van der Waals surface area contributed by atoms with Crippen molar-refractivity contribution >= 4 is 29.3 Å². The van der Waals surface area contributed by atoms with Crippen LogP contribution < -0.4 is 10.1 Å². The maximum absolute atomic E-state index is 13.0. The summed E-state index contributed by atoms with van der Waals surface area (Å²) < 4.78 is 5.67. The molecule has 0 aliphatic carbocycles. The summed E-state index contributed by atoms with van der Waals surface area (Å²) in [5.41, 5.74) is 1.53. The topological polar surface area (TPSA) is 51.2 Å². The number of halogens is 1. The van der Waals surface area contributed by atoms with Gasteiger partial charge in [-0.2, -0.15) is 0 Å². The number of hydrogen-bond donors (Lipinski definition) is 1. The highest BCUT2D eigenvalue weighted by molar-refractivity contribution is 7.99. The zero-order chi connectivity index (χ0) is 18.6. The molecule has 6 heteroatoms. The van der Waals surface area contributed by atoms with Crippen LogP contribution in [0.15, 0.2) is 76.8 Å². The van der Waals surface area contributed by atoms with E-state index in [0.29, 0.717) is 22.2 Å². The van der Waals surface area contributed by atoms with E-state index in [2.05, 4.69) is 10.3 Å². The summed E-state index contributed by atoms with van der Waals surface area (Å²) in [4.78, 5) is 18.2. The third-order valence-corrected chi connectivity index (χ3v) is 5.86. The molecular weight excluding hydrogens is 380 g/mol. The second-order valence-electron chi connectivity index (χ2n) is 6.09. The smallest absolute Gasteiger partial charge is 0.254 e. The highest BCUT2D eigenvalue weighted by Crippen LogP contribution is 2.35. The summed E-state index contributed by atoms with van der Waals surface area (Å²) >= 11 is 7.64. The van der Waals surface area contributed by atoms with E-state index in [9.17, 15) is 4.79 Å². The molecule has 0 spiro atoms. The van der Waals surface area contributed by atoms with Crippen molar-refractivity contribution in [3.8, 4) is 5.75 Å². The van der Waals surface area contributed by atoms with Gasteiger partial charge in [0.25, 0.3) is 5.91 Å². The predicted octanol–water partition coefficient (Wildman–Crippen LogP) is 5.14. The molecule has 1 N–H and O–H groups in total. The van der Waals surface area contributed by atoms with Gasteiger partial charge in [-0.3, -0.25) is 4.79 Å². The van der Waals surface area contributed by atoms with Crippen molar-refractivity contribution < 1.29 is 9.53 Å². The zero-order valence-electron chi connectivity index (χ0n) is 14.4. The van der Waals surface area contributed by atoms with Gasteiger partial charge in [-0.15, -0.1) is 0 Å². The van der Waals surface area contributed by atoms with Crippen LogP contribution in [0.25, 0.3) is 0 Å². The number of carbonyl (C=O) groups is 1. The van der Waals surface area contributed by atoms with Crippen molar-refractivity contribution in [2.24, 2.45) is 0 Å². The summed E-state index contributed by atoms with van der Waals surface area (Å²) in [6.07, 6.45) is 2.41. The number of fused-ring (bicyclic) bond motifs is 1. The molecule has 2 aromatic carbocycles. The second-order valence-corrected chi connectivity index (χ2v) is 7.53. The van der Waals surface area contributed by atoms with Gasteiger partial charge in [0.05, 0.1) is 23.2 Å². The number of nitrogens with zero attached hydrogens (tertiary/aromatic N) is 1. The lowest BCUT2D eigenvalue weighted by molar-refractivity contribution is 0.0921. The molecule has 3 aromatic rings. The minimum absolute atomic E-state index is 0.0826. The first-order valence-electron chi connectivity index (χ1n) is 8.62. The largest absolute Gasteiger partial charge is 0.493 e. The molecule has 1 aliphatic rings. The fourth-order valence-electron chi connectivity index (χ4n) is 3.00. The maximum Gasteiger partial charge on any atom is 0.254 e. The van der Waals surface area contributed by atoms with Crippen molar-refractivity contribution in [3.63, 3.8) is 0 Å². The first kappa shape index (κ1) is 17.9. The molecule has 136 valence electrons. The van der Waals surface area contributed by atoms with Crippen LogP contribution in [0.1, 0.15) is 28.4 Å². The van der Waals surface area contributed by atoms with Crippen LogP contribution >= 0.6 is 23.4 Å². The second kappa shape index (κ2) is 8.03. The lowest BCUT2D eigenvalue weighted by Gasteiger charge is -2.26. The summed E-state index contributed by atoms with van der Waals surface area (Å²) in [5.74, 6) is 0.672. The van der Waals surface area contributed by atoms with Crippen molar-refractivity contribution in [2.45, 2.75) is 22.4 Å². The van der Waals surface area contributed by atoms with Crippen LogP contribution in [-0.4, -0.2) is 17.5 Å². The lowest BCUT2D eigenvalue weighted by atomic mass is 10.0. The first-order valence-corrected chi connectivity index (χ1v) is 9.82. The van der Waals surface area contributed by atoms with Gasteiger partial charge in [0.1, 0.15) is 10.8 Å². The van der Waals surface area contributed by atoms with Crippen molar-refractivity contribution in [1.82, 2.24) is 10.3 Å². The van der Waals surface area contributed by atoms with E-state index in [1.807, 2.05) is 48.5 Å². The number of rotatable bonds is 4. The summed E-state index contributed by atoms with van der Waals surface area (Å²) in [6, 6.07) is 18.8. The van der Waals surface area contributed by atoms with E-state index in [-0.39, 0.29) is 11.9 Å². The molecule has 1 aromatic heterocycles. The molecule has 0 saturated heterocycles. The third kappa shape index (κ3) is 3.94. The lowest BCUT2D eigenvalue weighted by Crippen LogP contribution is -2.32.